The highest BCUT2D eigenvalue weighted by Gasteiger charge is 2.23. The number of furan rings is 1. The third-order valence-corrected chi connectivity index (χ3v) is 3.75. The van der Waals surface area contributed by atoms with Crippen molar-refractivity contribution in [3.63, 3.8) is 0 Å². The zero-order valence-corrected chi connectivity index (χ0v) is 12.1. The van der Waals surface area contributed by atoms with E-state index in [9.17, 15) is 9.59 Å². The summed E-state index contributed by atoms with van der Waals surface area (Å²) in [7, 11) is 0. The van der Waals surface area contributed by atoms with Crippen LogP contribution < -0.4 is 5.32 Å². The summed E-state index contributed by atoms with van der Waals surface area (Å²) in [5.74, 6) is 0.470. The largest absolute Gasteiger partial charge is 0.480 e. The topological polar surface area (TPSA) is 82.8 Å². The molecule has 0 saturated carbocycles. The van der Waals surface area contributed by atoms with Crippen molar-refractivity contribution in [2.45, 2.75) is 25.7 Å². The number of aryl methyl sites for hydroxylation is 1. The summed E-state index contributed by atoms with van der Waals surface area (Å²) in [6.07, 6.45) is 4.72. The van der Waals surface area contributed by atoms with Gasteiger partial charge in [0.15, 0.2) is 0 Å². The highest BCUT2D eigenvalue weighted by atomic mass is 16.4. The fourth-order valence-corrected chi connectivity index (χ4v) is 2.68. The third-order valence-electron chi connectivity index (χ3n) is 3.75. The summed E-state index contributed by atoms with van der Waals surface area (Å²) in [5.41, 5.74) is 0. The Kier molecular flexibility index (Phi) is 5.80. The van der Waals surface area contributed by atoms with Gasteiger partial charge in [-0.3, -0.25) is 9.59 Å². The lowest BCUT2D eigenvalue weighted by Gasteiger charge is -2.33. The molecule has 1 aromatic rings. The molecule has 1 atom stereocenters. The summed E-state index contributed by atoms with van der Waals surface area (Å²) in [5, 5.41) is 11.5. The smallest absolute Gasteiger partial charge is 0.317 e. The van der Waals surface area contributed by atoms with Gasteiger partial charge in [-0.2, -0.15) is 0 Å². The predicted octanol–water partition coefficient (Wildman–Crippen LogP) is 1.12. The van der Waals surface area contributed by atoms with Crippen LogP contribution in [0.15, 0.2) is 22.8 Å². The summed E-state index contributed by atoms with van der Waals surface area (Å²) in [6.45, 7) is 2.13. The molecule has 116 valence electrons. The maximum atomic E-state index is 12.2. The number of carboxylic acid groups (broad SMARTS) is 1. The average molecular weight is 294 g/mol. The number of hydrogen-bond acceptors (Lipinski definition) is 4. The molecular formula is C15H22N2O4. The molecule has 1 fully saturated rings. The molecule has 1 aliphatic heterocycles. The molecule has 21 heavy (non-hydrogen) atoms. The van der Waals surface area contributed by atoms with E-state index in [0.717, 1.165) is 25.1 Å². The number of carbonyl (C=O) groups is 2. The number of amides is 1. The van der Waals surface area contributed by atoms with Gasteiger partial charge in [0.1, 0.15) is 5.76 Å². The molecule has 1 aliphatic rings. The fourth-order valence-electron chi connectivity index (χ4n) is 2.68. The van der Waals surface area contributed by atoms with Gasteiger partial charge < -0.3 is 19.7 Å². The monoisotopic (exact) mass is 294 g/mol. The number of aliphatic carboxylic acids is 1. The van der Waals surface area contributed by atoms with E-state index in [-0.39, 0.29) is 12.5 Å². The Morgan fingerprint density at radius 2 is 2.33 bits per heavy atom. The zero-order valence-electron chi connectivity index (χ0n) is 12.1. The van der Waals surface area contributed by atoms with E-state index in [0.29, 0.717) is 31.8 Å². The number of piperidine rings is 1. The van der Waals surface area contributed by atoms with Gasteiger partial charge in [-0.15, -0.1) is 0 Å². The van der Waals surface area contributed by atoms with Crippen LogP contribution in [0.5, 0.6) is 0 Å². The molecule has 0 radical (unpaired) electrons. The van der Waals surface area contributed by atoms with Crippen LogP contribution in [0.4, 0.5) is 0 Å². The van der Waals surface area contributed by atoms with Crippen LogP contribution in [0.2, 0.25) is 0 Å². The number of nitrogens with one attached hydrogen (secondary N) is 1. The lowest BCUT2D eigenvalue weighted by molar-refractivity contribution is -0.136. The van der Waals surface area contributed by atoms with Crippen molar-refractivity contribution in [3.05, 3.63) is 24.2 Å². The van der Waals surface area contributed by atoms with Gasteiger partial charge in [-0.1, -0.05) is 0 Å². The SMILES string of the molecule is O=C(O)CNCC1CCCN(C(=O)CCc2ccco2)C1. The van der Waals surface area contributed by atoms with Crippen molar-refractivity contribution in [2.75, 3.05) is 26.2 Å². The Morgan fingerprint density at radius 1 is 1.48 bits per heavy atom. The minimum Gasteiger partial charge on any atom is -0.480 e. The van der Waals surface area contributed by atoms with Crippen molar-refractivity contribution in [1.82, 2.24) is 10.2 Å². The highest BCUT2D eigenvalue weighted by Crippen LogP contribution is 2.17. The van der Waals surface area contributed by atoms with Crippen LogP contribution in [0.3, 0.4) is 0 Å². The van der Waals surface area contributed by atoms with E-state index < -0.39 is 5.97 Å². The lowest BCUT2D eigenvalue weighted by Crippen LogP contribution is -2.43. The minimum atomic E-state index is -0.850. The van der Waals surface area contributed by atoms with Crippen molar-refractivity contribution in [1.29, 1.82) is 0 Å². The summed E-state index contributed by atoms with van der Waals surface area (Å²) >= 11 is 0. The van der Waals surface area contributed by atoms with E-state index in [2.05, 4.69) is 5.32 Å². The summed E-state index contributed by atoms with van der Waals surface area (Å²) in [4.78, 5) is 24.6. The van der Waals surface area contributed by atoms with Crippen LogP contribution in [-0.2, 0) is 16.0 Å². The van der Waals surface area contributed by atoms with E-state index in [1.54, 1.807) is 6.26 Å². The predicted molar refractivity (Wildman–Crippen MR) is 76.8 cm³/mol. The van der Waals surface area contributed by atoms with Crippen molar-refractivity contribution in [2.24, 2.45) is 5.92 Å². The first kappa shape index (κ1) is 15.6. The molecule has 1 unspecified atom stereocenters. The van der Waals surface area contributed by atoms with Gasteiger partial charge in [0, 0.05) is 32.5 Å². The van der Waals surface area contributed by atoms with Crippen LogP contribution in [0, 0.1) is 5.92 Å². The van der Waals surface area contributed by atoms with Gasteiger partial charge in [0.2, 0.25) is 5.91 Å². The standard InChI is InChI=1S/C15H22N2O4/c18-14(6-5-13-4-2-8-21-13)17-7-1-3-12(11-17)9-16-10-15(19)20/h2,4,8,12,16H,1,3,5-7,9-11H2,(H,19,20). The first-order valence-electron chi connectivity index (χ1n) is 7.38. The molecule has 2 rings (SSSR count). The van der Waals surface area contributed by atoms with Crippen molar-refractivity contribution < 1.29 is 19.1 Å². The fraction of sp³-hybridized carbons (Fsp3) is 0.600. The second kappa shape index (κ2) is 7.83. The molecule has 0 bridgehead atoms. The van der Waals surface area contributed by atoms with E-state index in [1.165, 1.54) is 0 Å². The Hall–Kier alpha value is -1.82. The number of likely N-dealkylation sites (tertiary alicyclic amines) is 1. The van der Waals surface area contributed by atoms with E-state index >= 15 is 0 Å². The first-order chi connectivity index (χ1) is 10.1. The molecular weight excluding hydrogens is 272 g/mol. The molecule has 1 saturated heterocycles. The van der Waals surface area contributed by atoms with E-state index in [4.69, 9.17) is 9.52 Å². The Morgan fingerprint density at radius 3 is 3.05 bits per heavy atom. The number of rotatable bonds is 7. The number of hydrogen-bond donors (Lipinski definition) is 2. The molecule has 1 aromatic heterocycles. The maximum absolute atomic E-state index is 12.2. The Balaban J connectivity index is 1.72. The highest BCUT2D eigenvalue weighted by molar-refractivity contribution is 5.76. The summed E-state index contributed by atoms with van der Waals surface area (Å²) in [6, 6.07) is 3.70. The van der Waals surface area contributed by atoms with Gasteiger partial charge in [-0.25, -0.2) is 0 Å². The quantitative estimate of drug-likeness (QED) is 0.787. The van der Waals surface area contributed by atoms with Crippen molar-refractivity contribution in [3.8, 4) is 0 Å². The minimum absolute atomic E-state index is 0.0249. The lowest BCUT2D eigenvalue weighted by atomic mass is 9.97. The normalized spacial score (nSPS) is 18.7. The third kappa shape index (κ3) is 5.23. The van der Waals surface area contributed by atoms with Crippen LogP contribution in [0.25, 0.3) is 0 Å². The first-order valence-corrected chi connectivity index (χ1v) is 7.38. The zero-order chi connectivity index (χ0) is 15.1. The second-order valence-electron chi connectivity index (χ2n) is 5.45. The van der Waals surface area contributed by atoms with Crippen molar-refractivity contribution >= 4 is 11.9 Å². The number of carboxylic acids is 1. The molecule has 2 N–H and O–H groups in total. The number of nitrogens with zero attached hydrogens (tertiary/aromatic N) is 1. The number of carbonyl (C=O) groups excluding carboxylic acids is 1. The molecule has 0 aromatic carbocycles. The molecule has 1 amide bonds. The molecule has 6 heteroatoms. The van der Waals surface area contributed by atoms with Gasteiger partial charge in [0.05, 0.1) is 12.8 Å². The average Bonchev–Trinajstić information content (AvgIpc) is 2.98. The molecule has 2 heterocycles. The Labute approximate surface area is 124 Å². The van der Waals surface area contributed by atoms with Crippen LogP contribution >= 0.6 is 0 Å². The Bertz CT molecular complexity index is 458. The molecule has 0 spiro atoms. The molecule has 6 nitrogen and oxygen atoms in total. The van der Waals surface area contributed by atoms with Gasteiger partial charge in [0.25, 0.3) is 0 Å². The van der Waals surface area contributed by atoms with Crippen LogP contribution in [0.1, 0.15) is 25.0 Å². The van der Waals surface area contributed by atoms with Gasteiger partial charge in [-0.05, 0) is 30.9 Å². The van der Waals surface area contributed by atoms with Crippen LogP contribution in [-0.4, -0.2) is 48.1 Å². The summed E-state index contributed by atoms with van der Waals surface area (Å²) < 4.78 is 5.23. The van der Waals surface area contributed by atoms with Gasteiger partial charge >= 0.3 is 5.97 Å². The maximum Gasteiger partial charge on any atom is 0.317 e. The van der Waals surface area contributed by atoms with E-state index in [1.807, 2.05) is 17.0 Å². The second-order valence-corrected chi connectivity index (χ2v) is 5.45. The molecule has 0 aliphatic carbocycles.